The van der Waals surface area contributed by atoms with Crippen molar-refractivity contribution in [3.8, 4) is 11.5 Å². The lowest BCUT2D eigenvalue weighted by Crippen LogP contribution is -2.22. The number of nitrogens with one attached hydrogen (secondary N) is 1. The van der Waals surface area contributed by atoms with Crippen LogP contribution in [0.25, 0.3) is 0 Å². The summed E-state index contributed by atoms with van der Waals surface area (Å²) in [6.07, 6.45) is 1.82. The maximum atomic E-state index is 5.49. The van der Waals surface area contributed by atoms with Crippen LogP contribution in [0.3, 0.4) is 0 Å². The Morgan fingerprint density at radius 2 is 2.05 bits per heavy atom. The van der Waals surface area contributed by atoms with Gasteiger partial charge in [0.15, 0.2) is 0 Å². The van der Waals surface area contributed by atoms with E-state index in [0.29, 0.717) is 0 Å². The van der Waals surface area contributed by atoms with E-state index in [4.69, 9.17) is 9.47 Å². The smallest absolute Gasteiger partial charge is 0.127 e. The normalized spacial score (nSPS) is 12.2. The third-order valence-corrected chi connectivity index (χ3v) is 3.39. The minimum atomic E-state index is 0.0262. The molecule has 2 rings (SSSR count). The number of ether oxygens (including phenoxy) is 2. The van der Waals surface area contributed by atoms with E-state index in [2.05, 4.69) is 17.3 Å². The van der Waals surface area contributed by atoms with Crippen molar-refractivity contribution in [2.24, 2.45) is 0 Å². The van der Waals surface area contributed by atoms with Crippen LogP contribution in [0.4, 0.5) is 0 Å². The number of hydrogen-bond donors (Lipinski definition) is 1. The van der Waals surface area contributed by atoms with Crippen molar-refractivity contribution in [3.05, 3.63) is 41.7 Å². The zero-order valence-electron chi connectivity index (χ0n) is 12.4. The predicted octanol–water partition coefficient (Wildman–Crippen LogP) is 2.23. The second kappa shape index (κ2) is 6.43. The molecule has 1 aromatic carbocycles. The Kier molecular flexibility index (Phi) is 4.63. The minimum absolute atomic E-state index is 0.0262. The molecule has 0 aliphatic carbocycles. The van der Waals surface area contributed by atoms with Crippen molar-refractivity contribution in [3.63, 3.8) is 0 Å². The quantitative estimate of drug-likeness (QED) is 0.878. The lowest BCUT2D eigenvalue weighted by molar-refractivity contribution is 0.387. The molecule has 2 aromatic rings. The molecule has 0 saturated carbocycles. The van der Waals surface area contributed by atoms with E-state index < -0.39 is 0 Å². The third-order valence-electron chi connectivity index (χ3n) is 3.39. The molecule has 0 aliphatic heterocycles. The molecule has 1 aromatic heterocycles. The first kappa shape index (κ1) is 14.4. The van der Waals surface area contributed by atoms with Crippen LogP contribution in [-0.4, -0.2) is 31.0 Å². The van der Waals surface area contributed by atoms with Crippen molar-refractivity contribution >= 4 is 0 Å². The summed E-state index contributed by atoms with van der Waals surface area (Å²) in [4.78, 5) is 0. The van der Waals surface area contributed by atoms with Gasteiger partial charge in [0.1, 0.15) is 11.5 Å². The van der Waals surface area contributed by atoms with E-state index in [0.717, 1.165) is 29.3 Å². The topological polar surface area (TPSA) is 48.3 Å². The monoisotopic (exact) mass is 275 g/mol. The van der Waals surface area contributed by atoms with E-state index in [1.165, 1.54) is 0 Å². The second-order valence-corrected chi connectivity index (χ2v) is 4.40. The number of rotatable bonds is 6. The van der Waals surface area contributed by atoms with Crippen LogP contribution in [0.1, 0.15) is 24.2 Å². The summed E-state index contributed by atoms with van der Waals surface area (Å²) < 4.78 is 12.7. The van der Waals surface area contributed by atoms with Gasteiger partial charge in [-0.15, -0.1) is 0 Å². The Morgan fingerprint density at radius 3 is 2.65 bits per heavy atom. The van der Waals surface area contributed by atoms with E-state index in [1.54, 1.807) is 14.2 Å². The maximum absolute atomic E-state index is 5.49. The van der Waals surface area contributed by atoms with Gasteiger partial charge in [0.2, 0.25) is 0 Å². The number of aromatic nitrogens is 2. The summed E-state index contributed by atoms with van der Waals surface area (Å²) >= 11 is 0. The Labute approximate surface area is 119 Å². The molecule has 5 heteroatoms. The highest BCUT2D eigenvalue weighted by molar-refractivity contribution is 5.45. The van der Waals surface area contributed by atoms with Gasteiger partial charge in [0.05, 0.1) is 26.0 Å². The fraction of sp³-hybridized carbons (Fsp3) is 0.400. The molecule has 0 spiro atoms. The maximum Gasteiger partial charge on any atom is 0.127 e. The number of nitrogens with zero attached hydrogens (tertiary/aromatic N) is 2. The first-order valence-corrected chi connectivity index (χ1v) is 6.66. The molecule has 0 bridgehead atoms. The molecular weight excluding hydrogens is 254 g/mol. The number of aryl methyl sites for hydroxylation is 1. The summed E-state index contributed by atoms with van der Waals surface area (Å²) in [5.41, 5.74) is 2.17. The molecule has 5 nitrogen and oxygen atoms in total. The summed E-state index contributed by atoms with van der Waals surface area (Å²) in [5.74, 6) is 1.58. The van der Waals surface area contributed by atoms with E-state index in [9.17, 15) is 0 Å². The average Bonchev–Trinajstić information content (AvgIpc) is 2.96. The highest BCUT2D eigenvalue weighted by Gasteiger charge is 2.20. The van der Waals surface area contributed by atoms with Crippen molar-refractivity contribution in [2.75, 3.05) is 21.3 Å². The molecule has 1 unspecified atom stereocenters. The second-order valence-electron chi connectivity index (χ2n) is 4.40. The van der Waals surface area contributed by atoms with Gasteiger partial charge < -0.3 is 14.8 Å². The first-order valence-electron chi connectivity index (χ1n) is 6.66. The van der Waals surface area contributed by atoms with Crippen LogP contribution in [0.15, 0.2) is 30.5 Å². The Bertz CT molecular complexity index is 566. The van der Waals surface area contributed by atoms with Gasteiger partial charge in [0, 0.05) is 24.4 Å². The first-order chi connectivity index (χ1) is 9.74. The summed E-state index contributed by atoms with van der Waals surface area (Å²) in [7, 11) is 5.25. The van der Waals surface area contributed by atoms with Crippen LogP contribution in [0.2, 0.25) is 0 Å². The van der Waals surface area contributed by atoms with Crippen LogP contribution in [0.5, 0.6) is 11.5 Å². The molecule has 108 valence electrons. The molecule has 20 heavy (non-hydrogen) atoms. The predicted molar refractivity (Wildman–Crippen MR) is 78.3 cm³/mol. The average molecular weight is 275 g/mol. The Hall–Kier alpha value is -2.01. The van der Waals surface area contributed by atoms with Crippen LogP contribution in [-0.2, 0) is 6.54 Å². The number of hydrogen-bond acceptors (Lipinski definition) is 4. The molecule has 1 atom stereocenters. The summed E-state index contributed by atoms with van der Waals surface area (Å²) in [6, 6.07) is 7.90. The van der Waals surface area contributed by atoms with Crippen LogP contribution < -0.4 is 14.8 Å². The molecule has 0 aliphatic rings. The minimum Gasteiger partial charge on any atom is -0.497 e. The molecule has 0 radical (unpaired) electrons. The fourth-order valence-electron chi connectivity index (χ4n) is 2.37. The highest BCUT2D eigenvalue weighted by atomic mass is 16.5. The van der Waals surface area contributed by atoms with Gasteiger partial charge in [-0.2, -0.15) is 5.10 Å². The third kappa shape index (κ3) is 2.63. The molecule has 0 fully saturated rings. The lowest BCUT2D eigenvalue weighted by atomic mass is 10.0. The lowest BCUT2D eigenvalue weighted by Gasteiger charge is -2.21. The van der Waals surface area contributed by atoms with Gasteiger partial charge >= 0.3 is 0 Å². The largest absolute Gasteiger partial charge is 0.497 e. The number of methoxy groups -OCH3 is 2. The van der Waals surface area contributed by atoms with Gasteiger partial charge in [0.25, 0.3) is 0 Å². The Balaban J connectivity index is 2.46. The van der Waals surface area contributed by atoms with Crippen molar-refractivity contribution in [2.45, 2.75) is 19.5 Å². The van der Waals surface area contributed by atoms with Crippen molar-refractivity contribution in [1.82, 2.24) is 15.1 Å². The van der Waals surface area contributed by atoms with E-state index >= 15 is 0 Å². The Morgan fingerprint density at radius 1 is 1.25 bits per heavy atom. The molecule has 0 saturated heterocycles. The van der Waals surface area contributed by atoms with Crippen LogP contribution in [0, 0.1) is 0 Å². The van der Waals surface area contributed by atoms with Crippen molar-refractivity contribution in [1.29, 1.82) is 0 Å². The molecule has 1 heterocycles. The van der Waals surface area contributed by atoms with Gasteiger partial charge in [-0.25, -0.2) is 0 Å². The zero-order chi connectivity index (χ0) is 14.5. The SMILES string of the molecule is CCn1nccc1C(NC)c1ccc(OC)cc1OC. The zero-order valence-corrected chi connectivity index (χ0v) is 12.4. The van der Waals surface area contributed by atoms with Crippen molar-refractivity contribution < 1.29 is 9.47 Å². The summed E-state index contributed by atoms with van der Waals surface area (Å²) in [6.45, 7) is 2.91. The number of benzene rings is 1. The standard InChI is InChI=1S/C15H21N3O2/c1-5-18-13(8-9-17-18)15(16-2)12-7-6-11(19-3)10-14(12)20-4/h6-10,15-16H,5H2,1-4H3. The fourth-order valence-corrected chi connectivity index (χ4v) is 2.37. The van der Waals surface area contributed by atoms with Crippen LogP contribution >= 0.6 is 0 Å². The van der Waals surface area contributed by atoms with Gasteiger partial charge in [-0.3, -0.25) is 4.68 Å². The highest BCUT2D eigenvalue weighted by Crippen LogP contribution is 2.32. The molecule has 0 amide bonds. The van der Waals surface area contributed by atoms with Gasteiger partial charge in [-0.05, 0) is 32.2 Å². The molecular formula is C15H21N3O2. The van der Waals surface area contributed by atoms with Gasteiger partial charge in [-0.1, -0.05) is 0 Å². The molecule has 1 N–H and O–H groups in total. The van der Waals surface area contributed by atoms with E-state index in [-0.39, 0.29) is 6.04 Å². The summed E-state index contributed by atoms with van der Waals surface area (Å²) in [5, 5.41) is 7.66. The van der Waals surface area contributed by atoms with E-state index in [1.807, 2.05) is 42.2 Å².